The third kappa shape index (κ3) is 3.96. The first-order valence-corrected chi connectivity index (χ1v) is 7.70. The van der Waals surface area contributed by atoms with Gasteiger partial charge in [0.15, 0.2) is 0 Å². The molecular weight excluding hydrogens is 262 g/mol. The highest BCUT2D eigenvalue weighted by Crippen LogP contribution is 2.28. The van der Waals surface area contributed by atoms with Crippen LogP contribution in [0.3, 0.4) is 0 Å². The molecule has 1 heterocycles. The Morgan fingerprint density at radius 2 is 1.86 bits per heavy atom. The van der Waals surface area contributed by atoms with Gasteiger partial charge in [-0.05, 0) is 25.0 Å². The second kappa shape index (κ2) is 6.93. The standard InChI is InChI=1S/C17H25N3O/c1-13(2)12-19-6-8-20(9-7-19)17-10-15(11-18)4-5-16(17)14(3)21/h4-5,10,13-14,21H,6-9,12H2,1-3H3. The monoisotopic (exact) mass is 287 g/mol. The van der Waals surface area contributed by atoms with Gasteiger partial charge in [0.05, 0.1) is 17.7 Å². The molecule has 1 aliphatic rings. The van der Waals surface area contributed by atoms with Crippen LogP contribution < -0.4 is 4.90 Å². The molecule has 1 aromatic rings. The lowest BCUT2D eigenvalue weighted by atomic mass is 10.0. The van der Waals surface area contributed by atoms with Crippen LogP contribution >= 0.6 is 0 Å². The van der Waals surface area contributed by atoms with Crippen molar-refractivity contribution >= 4 is 5.69 Å². The molecular formula is C17H25N3O. The van der Waals surface area contributed by atoms with Crippen molar-refractivity contribution in [3.05, 3.63) is 29.3 Å². The van der Waals surface area contributed by atoms with Crippen LogP contribution in [0.2, 0.25) is 0 Å². The molecule has 0 amide bonds. The van der Waals surface area contributed by atoms with E-state index in [9.17, 15) is 5.11 Å². The number of nitrogens with zero attached hydrogens (tertiary/aromatic N) is 3. The molecule has 0 saturated carbocycles. The van der Waals surface area contributed by atoms with Gasteiger partial charge >= 0.3 is 0 Å². The Balaban J connectivity index is 2.14. The number of piperazine rings is 1. The van der Waals surface area contributed by atoms with Crippen LogP contribution in [-0.2, 0) is 0 Å². The van der Waals surface area contributed by atoms with Gasteiger partial charge in [-0.15, -0.1) is 0 Å². The topological polar surface area (TPSA) is 50.5 Å². The van der Waals surface area contributed by atoms with Crippen molar-refractivity contribution in [3.8, 4) is 6.07 Å². The molecule has 1 aliphatic heterocycles. The number of aliphatic hydroxyl groups is 1. The number of hydrogen-bond donors (Lipinski definition) is 1. The third-order valence-electron chi connectivity index (χ3n) is 3.95. The number of rotatable bonds is 4. The minimum Gasteiger partial charge on any atom is -0.389 e. The van der Waals surface area contributed by atoms with Crippen molar-refractivity contribution in [3.63, 3.8) is 0 Å². The van der Waals surface area contributed by atoms with E-state index >= 15 is 0 Å². The van der Waals surface area contributed by atoms with Crippen LogP contribution in [0.1, 0.15) is 38.0 Å². The Morgan fingerprint density at radius 3 is 2.38 bits per heavy atom. The van der Waals surface area contributed by atoms with Gasteiger partial charge in [0.25, 0.3) is 0 Å². The predicted molar refractivity (Wildman–Crippen MR) is 85.3 cm³/mol. The van der Waals surface area contributed by atoms with Gasteiger partial charge in [0, 0.05) is 44.0 Å². The highest BCUT2D eigenvalue weighted by molar-refractivity contribution is 5.58. The van der Waals surface area contributed by atoms with E-state index in [-0.39, 0.29) is 0 Å². The lowest BCUT2D eigenvalue weighted by Gasteiger charge is -2.38. The first-order valence-electron chi connectivity index (χ1n) is 7.70. The van der Waals surface area contributed by atoms with Crippen molar-refractivity contribution in [1.82, 2.24) is 4.90 Å². The SMILES string of the molecule is CC(C)CN1CCN(c2cc(C#N)ccc2C(C)O)CC1. The van der Waals surface area contributed by atoms with Gasteiger partial charge < -0.3 is 10.0 Å². The molecule has 0 radical (unpaired) electrons. The van der Waals surface area contributed by atoms with Crippen LogP contribution in [0, 0.1) is 17.2 Å². The van der Waals surface area contributed by atoms with Crippen LogP contribution in [0.15, 0.2) is 18.2 Å². The summed E-state index contributed by atoms with van der Waals surface area (Å²) in [6.45, 7) is 11.4. The summed E-state index contributed by atoms with van der Waals surface area (Å²) < 4.78 is 0. The van der Waals surface area contributed by atoms with Crippen molar-refractivity contribution in [2.75, 3.05) is 37.6 Å². The molecule has 0 aliphatic carbocycles. The molecule has 21 heavy (non-hydrogen) atoms. The van der Waals surface area contributed by atoms with Gasteiger partial charge in [-0.2, -0.15) is 5.26 Å². The number of aliphatic hydroxyl groups excluding tert-OH is 1. The van der Waals surface area contributed by atoms with E-state index in [1.165, 1.54) is 0 Å². The molecule has 1 aromatic carbocycles. The normalized spacial score (nSPS) is 17.8. The summed E-state index contributed by atoms with van der Waals surface area (Å²) in [7, 11) is 0. The molecule has 1 saturated heterocycles. The van der Waals surface area contributed by atoms with Gasteiger partial charge in [-0.1, -0.05) is 19.9 Å². The summed E-state index contributed by atoms with van der Waals surface area (Å²) in [5.41, 5.74) is 2.57. The smallest absolute Gasteiger partial charge is 0.0992 e. The van der Waals surface area contributed by atoms with Crippen LogP contribution in [0.4, 0.5) is 5.69 Å². The zero-order valence-corrected chi connectivity index (χ0v) is 13.2. The maximum atomic E-state index is 9.95. The molecule has 0 bridgehead atoms. The molecule has 0 aromatic heterocycles. The van der Waals surface area contributed by atoms with E-state index in [2.05, 4.69) is 29.7 Å². The fourth-order valence-corrected chi connectivity index (χ4v) is 2.93. The lowest BCUT2D eigenvalue weighted by molar-refractivity contribution is 0.198. The van der Waals surface area contributed by atoms with Crippen molar-refractivity contribution in [2.45, 2.75) is 26.9 Å². The number of benzene rings is 1. The average molecular weight is 287 g/mol. The van der Waals surface area contributed by atoms with Gasteiger partial charge in [0.2, 0.25) is 0 Å². The molecule has 114 valence electrons. The predicted octanol–water partition coefficient (Wildman–Crippen LogP) is 2.39. The Labute approximate surface area is 127 Å². The first kappa shape index (κ1) is 15.8. The van der Waals surface area contributed by atoms with Crippen molar-refractivity contribution in [2.24, 2.45) is 5.92 Å². The molecule has 4 heteroatoms. The summed E-state index contributed by atoms with van der Waals surface area (Å²) in [6.07, 6.45) is -0.513. The molecule has 0 spiro atoms. The molecule has 2 rings (SSSR count). The second-order valence-electron chi connectivity index (χ2n) is 6.24. The van der Waals surface area contributed by atoms with Gasteiger partial charge in [-0.3, -0.25) is 4.90 Å². The van der Waals surface area contributed by atoms with E-state index < -0.39 is 6.10 Å². The van der Waals surface area contributed by atoms with E-state index in [1.807, 2.05) is 12.1 Å². The average Bonchev–Trinajstić information content (AvgIpc) is 2.46. The highest BCUT2D eigenvalue weighted by atomic mass is 16.3. The maximum absolute atomic E-state index is 9.95. The number of nitriles is 1. The highest BCUT2D eigenvalue weighted by Gasteiger charge is 2.21. The summed E-state index contributed by atoms with van der Waals surface area (Å²) in [5.74, 6) is 0.687. The zero-order valence-electron chi connectivity index (χ0n) is 13.2. The maximum Gasteiger partial charge on any atom is 0.0992 e. The van der Waals surface area contributed by atoms with Crippen molar-refractivity contribution in [1.29, 1.82) is 5.26 Å². The second-order valence-corrected chi connectivity index (χ2v) is 6.24. The van der Waals surface area contributed by atoms with Crippen LogP contribution in [0.5, 0.6) is 0 Å². The minimum atomic E-state index is -0.513. The fraction of sp³-hybridized carbons (Fsp3) is 0.588. The van der Waals surface area contributed by atoms with E-state index in [0.717, 1.165) is 44.0 Å². The lowest BCUT2D eigenvalue weighted by Crippen LogP contribution is -2.47. The number of anilines is 1. The summed E-state index contributed by atoms with van der Waals surface area (Å²) in [5, 5.41) is 19.0. The van der Waals surface area contributed by atoms with Crippen LogP contribution in [0.25, 0.3) is 0 Å². The van der Waals surface area contributed by atoms with Crippen LogP contribution in [-0.4, -0.2) is 42.7 Å². The summed E-state index contributed by atoms with van der Waals surface area (Å²) in [6, 6.07) is 7.74. The fourth-order valence-electron chi connectivity index (χ4n) is 2.93. The first-order chi connectivity index (χ1) is 10.0. The van der Waals surface area contributed by atoms with Gasteiger partial charge in [0.1, 0.15) is 0 Å². The summed E-state index contributed by atoms with van der Waals surface area (Å²) >= 11 is 0. The Bertz CT molecular complexity index is 511. The third-order valence-corrected chi connectivity index (χ3v) is 3.95. The molecule has 1 N–H and O–H groups in total. The van der Waals surface area contributed by atoms with E-state index in [4.69, 9.17) is 5.26 Å². The quantitative estimate of drug-likeness (QED) is 0.924. The largest absolute Gasteiger partial charge is 0.389 e. The molecule has 1 atom stereocenters. The Kier molecular flexibility index (Phi) is 5.22. The Morgan fingerprint density at radius 1 is 1.19 bits per heavy atom. The Hall–Kier alpha value is -1.57. The minimum absolute atomic E-state index is 0.513. The molecule has 4 nitrogen and oxygen atoms in total. The number of hydrogen-bond acceptors (Lipinski definition) is 4. The molecule has 1 fully saturated rings. The van der Waals surface area contributed by atoms with Crippen molar-refractivity contribution < 1.29 is 5.11 Å². The molecule has 1 unspecified atom stereocenters. The van der Waals surface area contributed by atoms with Gasteiger partial charge in [-0.25, -0.2) is 0 Å². The van der Waals surface area contributed by atoms with E-state index in [0.29, 0.717) is 11.5 Å². The van der Waals surface area contributed by atoms with E-state index in [1.54, 1.807) is 13.0 Å². The zero-order chi connectivity index (χ0) is 15.4. The summed E-state index contributed by atoms with van der Waals surface area (Å²) in [4.78, 5) is 4.77.